The molecular weight excluding hydrogens is 380 g/mol. The molecule has 3 heterocycles. The van der Waals surface area contributed by atoms with Gasteiger partial charge in [-0.2, -0.15) is 0 Å². The highest BCUT2D eigenvalue weighted by molar-refractivity contribution is 7.13. The zero-order chi connectivity index (χ0) is 18.6. The Morgan fingerprint density at radius 1 is 1.22 bits per heavy atom. The first-order valence-electron chi connectivity index (χ1n) is 8.89. The molecule has 0 saturated carbocycles. The van der Waals surface area contributed by atoms with Gasteiger partial charge >= 0.3 is 0 Å². The SMILES string of the molecule is O=C(Cc1csc(-c2ccccn2)n1)Nc1cc(Cl)ccc1N1CCCC1. The molecule has 0 atom stereocenters. The molecule has 138 valence electrons. The summed E-state index contributed by atoms with van der Waals surface area (Å²) in [6.07, 6.45) is 4.30. The summed E-state index contributed by atoms with van der Waals surface area (Å²) in [5.74, 6) is -0.101. The lowest BCUT2D eigenvalue weighted by Gasteiger charge is -2.21. The van der Waals surface area contributed by atoms with Crippen molar-refractivity contribution in [2.24, 2.45) is 0 Å². The van der Waals surface area contributed by atoms with Crippen molar-refractivity contribution in [1.82, 2.24) is 9.97 Å². The Bertz CT molecular complexity index is 938. The van der Waals surface area contributed by atoms with Crippen molar-refractivity contribution in [2.75, 3.05) is 23.3 Å². The molecular formula is C20H19ClN4OS. The summed E-state index contributed by atoms with van der Waals surface area (Å²) in [5.41, 5.74) is 3.34. The van der Waals surface area contributed by atoms with E-state index in [4.69, 9.17) is 11.6 Å². The Morgan fingerprint density at radius 2 is 2.07 bits per heavy atom. The second kappa shape index (κ2) is 8.06. The lowest BCUT2D eigenvalue weighted by molar-refractivity contribution is -0.115. The molecule has 0 bridgehead atoms. The van der Waals surface area contributed by atoms with Crippen molar-refractivity contribution in [1.29, 1.82) is 0 Å². The smallest absolute Gasteiger partial charge is 0.230 e. The number of thiazole rings is 1. The molecule has 1 aliphatic heterocycles. The molecule has 1 aromatic carbocycles. The molecule has 2 aromatic heterocycles. The van der Waals surface area contributed by atoms with E-state index >= 15 is 0 Å². The fraction of sp³-hybridized carbons (Fsp3) is 0.250. The minimum atomic E-state index is -0.101. The van der Waals surface area contributed by atoms with Crippen molar-refractivity contribution in [3.05, 3.63) is 58.7 Å². The second-order valence-electron chi connectivity index (χ2n) is 6.44. The Kier molecular flexibility index (Phi) is 5.36. The number of pyridine rings is 1. The highest BCUT2D eigenvalue weighted by atomic mass is 35.5. The number of carbonyl (C=O) groups is 1. The summed E-state index contributed by atoms with van der Waals surface area (Å²) in [6, 6.07) is 11.4. The van der Waals surface area contributed by atoms with Crippen LogP contribution in [0.5, 0.6) is 0 Å². The average molecular weight is 399 g/mol. The molecule has 1 fully saturated rings. The molecule has 0 unspecified atom stereocenters. The largest absolute Gasteiger partial charge is 0.370 e. The number of anilines is 2. The van der Waals surface area contributed by atoms with Gasteiger partial charge in [-0.3, -0.25) is 9.78 Å². The molecule has 0 spiro atoms. The van der Waals surface area contributed by atoms with Crippen molar-refractivity contribution in [3.63, 3.8) is 0 Å². The molecule has 1 N–H and O–H groups in total. The van der Waals surface area contributed by atoms with Crippen LogP contribution in [-0.2, 0) is 11.2 Å². The fourth-order valence-corrected chi connectivity index (χ4v) is 4.16. The van der Waals surface area contributed by atoms with Gasteiger partial charge in [-0.05, 0) is 43.2 Å². The van der Waals surface area contributed by atoms with Crippen LogP contribution in [0.25, 0.3) is 10.7 Å². The number of halogens is 1. The van der Waals surface area contributed by atoms with Gasteiger partial charge in [0.25, 0.3) is 0 Å². The Hall–Kier alpha value is -2.44. The van der Waals surface area contributed by atoms with Crippen LogP contribution in [0.4, 0.5) is 11.4 Å². The third kappa shape index (κ3) is 4.28. The van der Waals surface area contributed by atoms with E-state index in [1.807, 2.05) is 41.8 Å². The monoisotopic (exact) mass is 398 g/mol. The number of nitrogens with zero attached hydrogens (tertiary/aromatic N) is 3. The molecule has 1 amide bonds. The quantitative estimate of drug-likeness (QED) is 0.680. The average Bonchev–Trinajstić information content (AvgIpc) is 3.35. The number of rotatable bonds is 5. The van der Waals surface area contributed by atoms with Crippen LogP contribution in [0.1, 0.15) is 18.5 Å². The molecule has 1 aliphatic rings. The summed E-state index contributed by atoms with van der Waals surface area (Å²) in [4.78, 5) is 23.7. The Morgan fingerprint density at radius 3 is 2.85 bits per heavy atom. The highest BCUT2D eigenvalue weighted by Crippen LogP contribution is 2.31. The van der Waals surface area contributed by atoms with Crippen molar-refractivity contribution in [2.45, 2.75) is 19.3 Å². The lowest BCUT2D eigenvalue weighted by atomic mass is 10.2. The summed E-state index contributed by atoms with van der Waals surface area (Å²) >= 11 is 7.64. The molecule has 0 radical (unpaired) electrons. The van der Waals surface area contributed by atoms with Gasteiger partial charge in [0.1, 0.15) is 5.01 Å². The number of nitrogens with one attached hydrogen (secondary N) is 1. The minimum absolute atomic E-state index is 0.101. The van der Waals surface area contributed by atoms with E-state index in [0.29, 0.717) is 5.02 Å². The van der Waals surface area contributed by atoms with Crippen molar-refractivity contribution in [3.8, 4) is 10.7 Å². The van der Waals surface area contributed by atoms with Crippen LogP contribution < -0.4 is 10.2 Å². The molecule has 0 aliphatic carbocycles. The van der Waals surface area contributed by atoms with E-state index in [2.05, 4.69) is 20.2 Å². The summed E-state index contributed by atoms with van der Waals surface area (Å²) in [6.45, 7) is 2.01. The molecule has 27 heavy (non-hydrogen) atoms. The Labute approximate surface area is 167 Å². The number of hydrogen-bond donors (Lipinski definition) is 1. The molecule has 3 aromatic rings. The fourth-order valence-electron chi connectivity index (χ4n) is 3.20. The molecule has 5 nitrogen and oxygen atoms in total. The maximum atomic E-state index is 12.6. The van der Waals surface area contributed by atoms with Gasteiger partial charge in [0.05, 0.1) is 29.2 Å². The lowest BCUT2D eigenvalue weighted by Crippen LogP contribution is -2.21. The molecule has 4 rings (SSSR count). The zero-order valence-electron chi connectivity index (χ0n) is 14.7. The van der Waals surface area contributed by atoms with Crippen LogP contribution >= 0.6 is 22.9 Å². The first-order valence-corrected chi connectivity index (χ1v) is 10.1. The van der Waals surface area contributed by atoms with E-state index in [1.165, 1.54) is 24.2 Å². The maximum Gasteiger partial charge on any atom is 0.230 e. The van der Waals surface area contributed by atoms with Crippen molar-refractivity contribution >= 4 is 40.2 Å². The van der Waals surface area contributed by atoms with Gasteiger partial charge in [0, 0.05) is 29.7 Å². The third-order valence-corrected chi connectivity index (χ3v) is 5.61. The number of hydrogen-bond acceptors (Lipinski definition) is 5. The number of amides is 1. The number of aromatic nitrogens is 2. The van der Waals surface area contributed by atoms with E-state index in [0.717, 1.165) is 40.9 Å². The van der Waals surface area contributed by atoms with Crippen LogP contribution in [0.3, 0.4) is 0 Å². The van der Waals surface area contributed by atoms with Crippen molar-refractivity contribution < 1.29 is 4.79 Å². The highest BCUT2D eigenvalue weighted by Gasteiger charge is 2.18. The predicted molar refractivity (Wildman–Crippen MR) is 111 cm³/mol. The summed E-state index contributed by atoms with van der Waals surface area (Å²) in [7, 11) is 0. The minimum Gasteiger partial charge on any atom is -0.370 e. The van der Waals surface area contributed by atoms with Gasteiger partial charge < -0.3 is 10.2 Å². The van der Waals surface area contributed by atoms with Gasteiger partial charge in [0.2, 0.25) is 5.91 Å². The zero-order valence-corrected chi connectivity index (χ0v) is 16.3. The maximum absolute atomic E-state index is 12.6. The Balaban J connectivity index is 1.47. The third-order valence-electron chi connectivity index (χ3n) is 4.46. The van der Waals surface area contributed by atoms with E-state index in [-0.39, 0.29) is 12.3 Å². The van der Waals surface area contributed by atoms with Gasteiger partial charge in [-0.15, -0.1) is 11.3 Å². The van der Waals surface area contributed by atoms with Gasteiger partial charge in [-0.1, -0.05) is 17.7 Å². The standard InChI is InChI=1S/C20H19ClN4OS/c21-14-6-7-18(25-9-3-4-10-25)17(11-14)24-19(26)12-15-13-27-20(23-15)16-5-1-2-8-22-16/h1-2,5-8,11,13H,3-4,9-10,12H2,(H,24,26). The topological polar surface area (TPSA) is 58.1 Å². The predicted octanol–water partition coefficient (Wildman–Crippen LogP) is 4.64. The van der Waals surface area contributed by atoms with Crippen LogP contribution in [0, 0.1) is 0 Å². The van der Waals surface area contributed by atoms with Crippen LogP contribution in [0.15, 0.2) is 48.0 Å². The normalized spacial score (nSPS) is 13.7. The van der Waals surface area contributed by atoms with Crippen LogP contribution in [0.2, 0.25) is 5.02 Å². The second-order valence-corrected chi connectivity index (χ2v) is 7.73. The van der Waals surface area contributed by atoms with E-state index in [1.54, 1.807) is 6.20 Å². The summed E-state index contributed by atoms with van der Waals surface area (Å²) in [5, 5.41) is 6.34. The number of benzene rings is 1. The summed E-state index contributed by atoms with van der Waals surface area (Å²) < 4.78 is 0. The first kappa shape index (κ1) is 17.9. The van der Waals surface area contributed by atoms with Gasteiger partial charge in [0.15, 0.2) is 0 Å². The van der Waals surface area contributed by atoms with E-state index < -0.39 is 0 Å². The van der Waals surface area contributed by atoms with E-state index in [9.17, 15) is 4.79 Å². The molecule has 7 heteroatoms. The number of carbonyl (C=O) groups excluding carboxylic acids is 1. The van der Waals surface area contributed by atoms with Gasteiger partial charge in [-0.25, -0.2) is 4.98 Å². The van der Waals surface area contributed by atoms with Crippen LogP contribution in [-0.4, -0.2) is 29.0 Å². The first-order chi connectivity index (χ1) is 13.2. The molecule has 1 saturated heterocycles.